The molecule has 0 saturated carbocycles. The van der Waals surface area contributed by atoms with Gasteiger partial charge in [0, 0.05) is 17.4 Å². The number of fused-ring (bicyclic) bond motifs is 2. The molecule has 0 aliphatic carbocycles. The van der Waals surface area contributed by atoms with Crippen molar-refractivity contribution in [3.05, 3.63) is 35.0 Å². The Kier molecular flexibility index (Phi) is 1.72. The Morgan fingerprint density at radius 3 is 3.00 bits per heavy atom. The van der Waals surface area contributed by atoms with Crippen LogP contribution in [-0.2, 0) is 6.42 Å². The number of aromatic nitrogens is 1. The molecule has 0 bridgehead atoms. The number of pyridine rings is 1. The summed E-state index contributed by atoms with van der Waals surface area (Å²) in [5, 5.41) is 1.22. The van der Waals surface area contributed by atoms with E-state index in [1.165, 1.54) is 16.5 Å². The van der Waals surface area contributed by atoms with E-state index in [-0.39, 0.29) is 0 Å². The van der Waals surface area contributed by atoms with Crippen molar-refractivity contribution in [2.24, 2.45) is 0 Å². The molecule has 3 rings (SSSR count). The van der Waals surface area contributed by atoms with Crippen molar-refractivity contribution in [3.8, 4) is 5.75 Å². The fourth-order valence-corrected chi connectivity index (χ4v) is 2.19. The van der Waals surface area contributed by atoms with E-state index in [9.17, 15) is 0 Å². The van der Waals surface area contributed by atoms with E-state index in [1.807, 2.05) is 0 Å². The predicted octanol–water partition coefficient (Wildman–Crippen LogP) is 2.79. The molecular weight excluding hydrogens is 186 g/mol. The molecular formula is C13H13NO. The summed E-state index contributed by atoms with van der Waals surface area (Å²) < 4.78 is 5.61. The maximum atomic E-state index is 5.61. The molecule has 1 aromatic carbocycles. The standard InChI is InChI=1S/C13H13NO/c1-8-3-4-11-10(7-8)9(2)13-12(14-11)5-6-15-13/h3-4,7H,5-6H2,1-2H3. The van der Waals surface area contributed by atoms with Crippen molar-refractivity contribution in [2.75, 3.05) is 6.61 Å². The van der Waals surface area contributed by atoms with Gasteiger partial charge in [-0.05, 0) is 26.0 Å². The molecule has 2 aromatic rings. The fourth-order valence-electron chi connectivity index (χ4n) is 2.19. The molecule has 0 atom stereocenters. The van der Waals surface area contributed by atoms with Gasteiger partial charge in [0.15, 0.2) is 0 Å². The molecule has 0 fully saturated rings. The van der Waals surface area contributed by atoms with E-state index >= 15 is 0 Å². The Morgan fingerprint density at radius 1 is 1.27 bits per heavy atom. The number of nitrogens with zero attached hydrogens (tertiary/aromatic N) is 1. The second kappa shape index (κ2) is 2.96. The summed E-state index contributed by atoms with van der Waals surface area (Å²) in [7, 11) is 0. The molecule has 76 valence electrons. The molecule has 0 saturated heterocycles. The van der Waals surface area contributed by atoms with Gasteiger partial charge in [0.25, 0.3) is 0 Å². The van der Waals surface area contributed by atoms with Crippen molar-refractivity contribution in [1.82, 2.24) is 4.98 Å². The molecule has 0 radical (unpaired) electrons. The molecule has 0 spiro atoms. The average molecular weight is 199 g/mol. The van der Waals surface area contributed by atoms with Crippen molar-refractivity contribution < 1.29 is 4.74 Å². The van der Waals surface area contributed by atoms with Crippen LogP contribution in [0.3, 0.4) is 0 Å². The highest BCUT2D eigenvalue weighted by atomic mass is 16.5. The first kappa shape index (κ1) is 8.72. The summed E-state index contributed by atoms with van der Waals surface area (Å²) in [5.74, 6) is 1.01. The van der Waals surface area contributed by atoms with Crippen molar-refractivity contribution in [3.63, 3.8) is 0 Å². The van der Waals surface area contributed by atoms with Gasteiger partial charge in [0.2, 0.25) is 0 Å². The lowest BCUT2D eigenvalue weighted by atomic mass is 10.1. The topological polar surface area (TPSA) is 22.1 Å². The van der Waals surface area contributed by atoms with Crippen LogP contribution >= 0.6 is 0 Å². The molecule has 15 heavy (non-hydrogen) atoms. The molecule has 0 unspecified atom stereocenters. The zero-order valence-corrected chi connectivity index (χ0v) is 9.00. The van der Waals surface area contributed by atoms with Gasteiger partial charge in [-0.3, -0.25) is 0 Å². The van der Waals surface area contributed by atoms with Crippen molar-refractivity contribution >= 4 is 10.9 Å². The Hall–Kier alpha value is -1.57. The van der Waals surface area contributed by atoms with E-state index in [4.69, 9.17) is 4.74 Å². The first-order valence-electron chi connectivity index (χ1n) is 5.28. The highest BCUT2D eigenvalue weighted by Gasteiger charge is 2.18. The zero-order chi connectivity index (χ0) is 10.4. The second-order valence-corrected chi connectivity index (χ2v) is 4.13. The van der Waals surface area contributed by atoms with Crippen LogP contribution in [0.2, 0.25) is 0 Å². The Balaban J connectivity index is 2.41. The fraction of sp³-hybridized carbons (Fsp3) is 0.308. The monoisotopic (exact) mass is 199 g/mol. The molecule has 1 aliphatic rings. The van der Waals surface area contributed by atoms with Crippen LogP contribution in [0.15, 0.2) is 18.2 Å². The van der Waals surface area contributed by atoms with Gasteiger partial charge < -0.3 is 4.74 Å². The van der Waals surface area contributed by atoms with Crippen LogP contribution in [0.5, 0.6) is 5.75 Å². The van der Waals surface area contributed by atoms with Crippen LogP contribution in [0.4, 0.5) is 0 Å². The lowest BCUT2D eigenvalue weighted by Crippen LogP contribution is -1.91. The molecule has 1 aliphatic heterocycles. The molecule has 1 aromatic heterocycles. The maximum Gasteiger partial charge on any atom is 0.144 e. The van der Waals surface area contributed by atoms with Crippen molar-refractivity contribution in [2.45, 2.75) is 20.3 Å². The van der Waals surface area contributed by atoms with E-state index < -0.39 is 0 Å². The summed E-state index contributed by atoms with van der Waals surface area (Å²) in [6, 6.07) is 6.38. The van der Waals surface area contributed by atoms with Gasteiger partial charge in [-0.1, -0.05) is 11.6 Å². The van der Waals surface area contributed by atoms with Crippen molar-refractivity contribution in [1.29, 1.82) is 0 Å². The number of rotatable bonds is 0. The van der Waals surface area contributed by atoms with E-state index in [2.05, 4.69) is 37.0 Å². The van der Waals surface area contributed by atoms with Gasteiger partial charge in [-0.25, -0.2) is 4.98 Å². The second-order valence-electron chi connectivity index (χ2n) is 4.13. The third kappa shape index (κ3) is 1.21. The summed E-state index contributed by atoms with van der Waals surface area (Å²) >= 11 is 0. The minimum absolute atomic E-state index is 0.776. The van der Waals surface area contributed by atoms with Crippen LogP contribution in [0, 0.1) is 13.8 Å². The molecule has 2 nitrogen and oxygen atoms in total. The van der Waals surface area contributed by atoms with Crippen LogP contribution in [0.1, 0.15) is 16.8 Å². The highest BCUT2D eigenvalue weighted by molar-refractivity contribution is 5.85. The van der Waals surface area contributed by atoms with Gasteiger partial charge >= 0.3 is 0 Å². The predicted molar refractivity (Wildman–Crippen MR) is 60.4 cm³/mol. The van der Waals surface area contributed by atoms with E-state index in [1.54, 1.807) is 0 Å². The average Bonchev–Trinajstić information content (AvgIpc) is 2.68. The molecule has 0 N–H and O–H groups in total. The third-order valence-electron chi connectivity index (χ3n) is 3.00. The first-order chi connectivity index (χ1) is 7.25. The molecule has 2 heteroatoms. The molecule has 0 amide bonds. The van der Waals surface area contributed by atoms with Crippen LogP contribution < -0.4 is 4.74 Å². The van der Waals surface area contributed by atoms with Gasteiger partial charge in [-0.2, -0.15) is 0 Å². The Bertz CT molecular complexity index is 546. The maximum absolute atomic E-state index is 5.61. The summed E-state index contributed by atoms with van der Waals surface area (Å²) in [5.41, 5.74) is 4.70. The number of hydrogen-bond donors (Lipinski definition) is 0. The SMILES string of the molecule is Cc1ccc2nc3c(c(C)c2c1)OCC3. The summed E-state index contributed by atoms with van der Waals surface area (Å²) in [4.78, 5) is 4.63. The largest absolute Gasteiger partial charge is 0.491 e. The van der Waals surface area contributed by atoms with Gasteiger partial charge in [0.1, 0.15) is 5.75 Å². The van der Waals surface area contributed by atoms with Gasteiger partial charge in [-0.15, -0.1) is 0 Å². The zero-order valence-electron chi connectivity index (χ0n) is 9.00. The van der Waals surface area contributed by atoms with Crippen LogP contribution in [-0.4, -0.2) is 11.6 Å². The Morgan fingerprint density at radius 2 is 2.13 bits per heavy atom. The van der Waals surface area contributed by atoms with E-state index in [0.717, 1.165) is 30.0 Å². The minimum Gasteiger partial charge on any atom is -0.491 e. The third-order valence-corrected chi connectivity index (χ3v) is 3.00. The lowest BCUT2D eigenvalue weighted by Gasteiger charge is -2.07. The quantitative estimate of drug-likeness (QED) is 0.651. The smallest absolute Gasteiger partial charge is 0.144 e. The minimum atomic E-state index is 0.776. The first-order valence-corrected chi connectivity index (χ1v) is 5.28. The number of aryl methyl sites for hydroxylation is 2. The number of ether oxygens (including phenoxy) is 1. The van der Waals surface area contributed by atoms with Gasteiger partial charge in [0.05, 0.1) is 17.8 Å². The summed E-state index contributed by atoms with van der Waals surface area (Å²) in [6.07, 6.45) is 0.944. The van der Waals surface area contributed by atoms with E-state index in [0.29, 0.717) is 0 Å². The molecule has 2 heterocycles. The normalized spacial score (nSPS) is 14.0. The number of hydrogen-bond acceptors (Lipinski definition) is 2. The summed E-state index contributed by atoms with van der Waals surface area (Å²) in [6.45, 7) is 5.00. The number of benzene rings is 1. The Labute approximate surface area is 88.9 Å². The van der Waals surface area contributed by atoms with Crippen LogP contribution in [0.25, 0.3) is 10.9 Å². The lowest BCUT2D eigenvalue weighted by molar-refractivity contribution is 0.355. The highest BCUT2D eigenvalue weighted by Crippen LogP contribution is 2.33.